The molecule has 0 radical (unpaired) electrons. The van der Waals surface area contributed by atoms with Crippen LogP contribution in [0, 0.1) is 13.8 Å². The summed E-state index contributed by atoms with van der Waals surface area (Å²) in [5.74, 6) is 1.14. The van der Waals surface area contributed by atoms with Gasteiger partial charge in [-0.05, 0) is 44.0 Å². The van der Waals surface area contributed by atoms with E-state index in [9.17, 15) is 4.79 Å². The van der Waals surface area contributed by atoms with Gasteiger partial charge in [-0.25, -0.2) is 0 Å². The summed E-state index contributed by atoms with van der Waals surface area (Å²) < 4.78 is 6.42. The molecule has 6 nitrogen and oxygen atoms in total. The molecule has 166 valence electrons. The largest absolute Gasteiger partial charge is 0.447 e. The fraction of sp³-hybridized carbons (Fsp3) is 0.333. The number of fused-ring (bicyclic) bond motifs is 3. The van der Waals surface area contributed by atoms with Gasteiger partial charge >= 0.3 is 0 Å². The van der Waals surface area contributed by atoms with E-state index in [0.29, 0.717) is 21.8 Å². The lowest BCUT2D eigenvalue weighted by Crippen LogP contribution is -2.36. The summed E-state index contributed by atoms with van der Waals surface area (Å²) in [6, 6.07) is 11.4. The van der Waals surface area contributed by atoms with Crippen LogP contribution in [0.3, 0.4) is 0 Å². The Labute approximate surface area is 197 Å². The summed E-state index contributed by atoms with van der Waals surface area (Å²) in [4.78, 5) is 19.3. The molecular weight excluding hydrogens is 444 g/mol. The predicted octanol–water partition coefficient (Wildman–Crippen LogP) is 6.15. The van der Waals surface area contributed by atoms with E-state index in [1.165, 1.54) is 6.92 Å². The number of ether oxygens (including phenoxy) is 1. The van der Waals surface area contributed by atoms with Gasteiger partial charge in [-0.1, -0.05) is 60.5 Å². The molecule has 2 aromatic carbocycles. The first kappa shape index (κ1) is 22.6. The standard InChI is InChI=1S/C24H25ClN4O2S/c1-5-6-11-32-24-26-22-20(27-28-24)19-13-14(2)12-15(3)21(19)29(16(4)30)23(31-22)17-7-9-18(25)10-8-17/h7-10,12-13,23H,5-6,11H2,1-4H3/t23-/m0/s1. The Balaban J connectivity index is 1.92. The molecule has 1 atom stereocenters. The second kappa shape index (κ2) is 9.46. The number of hydrogen-bond donors (Lipinski definition) is 0. The number of hydrogen-bond acceptors (Lipinski definition) is 6. The van der Waals surface area contributed by atoms with Crippen LogP contribution in [0.15, 0.2) is 41.6 Å². The Hall–Kier alpha value is -2.64. The van der Waals surface area contributed by atoms with Crippen molar-refractivity contribution < 1.29 is 9.53 Å². The number of carbonyl (C=O) groups is 1. The fourth-order valence-electron chi connectivity index (χ4n) is 3.82. The Morgan fingerprint density at radius 2 is 1.94 bits per heavy atom. The van der Waals surface area contributed by atoms with Gasteiger partial charge in [0.2, 0.25) is 23.2 Å². The molecular formula is C24H25ClN4O2S. The molecule has 0 saturated heterocycles. The first-order valence-corrected chi connectivity index (χ1v) is 12.0. The van der Waals surface area contributed by atoms with Crippen molar-refractivity contribution in [2.75, 3.05) is 10.7 Å². The number of halogens is 1. The monoisotopic (exact) mass is 468 g/mol. The Morgan fingerprint density at radius 3 is 2.62 bits per heavy atom. The van der Waals surface area contributed by atoms with Crippen LogP contribution in [-0.4, -0.2) is 26.8 Å². The number of anilines is 1. The minimum Gasteiger partial charge on any atom is -0.447 e. The zero-order chi connectivity index (χ0) is 22.8. The molecule has 8 heteroatoms. The molecule has 0 fully saturated rings. The first-order valence-electron chi connectivity index (χ1n) is 10.6. The molecule has 1 aliphatic heterocycles. The molecule has 4 rings (SSSR count). The summed E-state index contributed by atoms with van der Waals surface area (Å²) >= 11 is 7.67. The highest BCUT2D eigenvalue weighted by Crippen LogP contribution is 2.45. The minimum absolute atomic E-state index is 0.142. The molecule has 1 amide bonds. The molecule has 0 saturated carbocycles. The van der Waals surface area contributed by atoms with E-state index in [1.54, 1.807) is 28.8 Å². The Kier molecular flexibility index (Phi) is 6.67. The van der Waals surface area contributed by atoms with E-state index in [2.05, 4.69) is 23.2 Å². The molecule has 0 spiro atoms. The molecule has 2 heterocycles. The summed E-state index contributed by atoms with van der Waals surface area (Å²) in [5, 5.41) is 10.0. The van der Waals surface area contributed by atoms with Gasteiger partial charge in [0.05, 0.1) is 5.69 Å². The van der Waals surface area contributed by atoms with E-state index in [4.69, 9.17) is 21.3 Å². The number of aromatic nitrogens is 3. The maximum atomic E-state index is 13.0. The van der Waals surface area contributed by atoms with Crippen molar-refractivity contribution >= 4 is 35.0 Å². The van der Waals surface area contributed by atoms with E-state index in [-0.39, 0.29) is 5.91 Å². The normalized spacial score (nSPS) is 14.9. The van der Waals surface area contributed by atoms with E-state index in [0.717, 1.165) is 46.5 Å². The van der Waals surface area contributed by atoms with Gasteiger partial charge in [0, 0.05) is 28.8 Å². The molecule has 3 aromatic rings. The lowest BCUT2D eigenvalue weighted by Gasteiger charge is -2.31. The van der Waals surface area contributed by atoms with E-state index >= 15 is 0 Å². The predicted molar refractivity (Wildman–Crippen MR) is 128 cm³/mol. The lowest BCUT2D eigenvalue weighted by molar-refractivity contribution is -0.118. The molecule has 0 aliphatic carbocycles. The van der Waals surface area contributed by atoms with Crippen LogP contribution in [0.5, 0.6) is 5.88 Å². The van der Waals surface area contributed by atoms with Crippen LogP contribution in [0.25, 0.3) is 11.3 Å². The third-order valence-electron chi connectivity index (χ3n) is 5.26. The van der Waals surface area contributed by atoms with Crippen molar-refractivity contribution in [2.45, 2.75) is 51.9 Å². The van der Waals surface area contributed by atoms with Crippen molar-refractivity contribution in [3.63, 3.8) is 0 Å². The average molecular weight is 469 g/mol. The van der Waals surface area contributed by atoms with E-state index < -0.39 is 6.23 Å². The van der Waals surface area contributed by atoms with Crippen LogP contribution in [0.1, 0.15) is 49.6 Å². The van der Waals surface area contributed by atoms with Gasteiger partial charge < -0.3 is 4.74 Å². The van der Waals surface area contributed by atoms with Crippen LogP contribution in [0.4, 0.5) is 5.69 Å². The molecule has 1 aliphatic rings. The van der Waals surface area contributed by atoms with Crippen molar-refractivity contribution in [1.82, 2.24) is 15.2 Å². The highest BCUT2D eigenvalue weighted by Gasteiger charge is 2.35. The number of nitrogens with zero attached hydrogens (tertiary/aromatic N) is 4. The van der Waals surface area contributed by atoms with Crippen molar-refractivity contribution in [2.24, 2.45) is 0 Å². The second-order valence-corrected chi connectivity index (χ2v) is 9.34. The molecule has 1 aromatic heterocycles. The number of amides is 1. The zero-order valence-corrected chi connectivity index (χ0v) is 20.1. The van der Waals surface area contributed by atoms with Gasteiger partial charge in [-0.2, -0.15) is 4.98 Å². The van der Waals surface area contributed by atoms with Gasteiger partial charge in [-0.3, -0.25) is 9.69 Å². The average Bonchev–Trinajstić information content (AvgIpc) is 2.89. The maximum Gasteiger partial charge on any atom is 0.247 e. The highest BCUT2D eigenvalue weighted by molar-refractivity contribution is 7.99. The van der Waals surface area contributed by atoms with E-state index in [1.807, 2.05) is 32.0 Å². The summed E-state index contributed by atoms with van der Waals surface area (Å²) in [6.45, 7) is 7.69. The van der Waals surface area contributed by atoms with Crippen molar-refractivity contribution in [3.8, 4) is 17.1 Å². The molecule has 0 unspecified atom stereocenters. The molecule has 0 N–H and O–H groups in total. The van der Waals surface area contributed by atoms with Gasteiger partial charge in [-0.15, -0.1) is 10.2 Å². The van der Waals surface area contributed by atoms with Gasteiger partial charge in [0.15, 0.2) is 5.69 Å². The number of unbranched alkanes of at least 4 members (excludes halogenated alkanes) is 1. The number of aryl methyl sites for hydroxylation is 2. The van der Waals surface area contributed by atoms with Crippen LogP contribution >= 0.6 is 23.4 Å². The van der Waals surface area contributed by atoms with Gasteiger partial charge in [0.1, 0.15) is 0 Å². The number of rotatable bonds is 5. The van der Waals surface area contributed by atoms with Crippen molar-refractivity contribution in [1.29, 1.82) is 0 Å². The van der Waals surface area contributed by atoms with Crippen LogP contribution < -0.4 is 9.64 Å². The number of carbonyl (C=O) groups excluding carboxylic acids is 1. The van der Waals surface area contributed by atoms with Crippen molar-refractivity contribution in [3.05, 3.63) is 58.1 Å². The third-order valence-corrected chi connectivity index (χ3v) is 6.43. The Bertz CT molecular complexity index is 1150. The zero-order valence-electron chi connectivity index (χ0n) is 18.6. The smallest absolute Gasteiger partial charge is 0.247 e. The topological polar surface area (TPSA) is 68.2 Å². The van der Waals surface area contributed by atoms with Crippen LogP contribution in [-0.2, 0) is 4.79 Å². The van der Waals surface area contributed by atoms with Gasteiger partial charge in [0.25, 0.3) is 0 Å². The first-order chi connectivity index (χ1) is 15.4. The number of benzene rings is 2. The van der Waals surface area contributed by atoms with Crippen LogP contribution in [0.2, 0.25) is 5.02 Å². The highest BCUT2D eigenvalue weighted by atomic mass is 35.5. The SMILES string of the molecule is CCCCSc1nnc2c(n1)O[C@@H](c1ccc(Cl)cc1)N(C(C)=O)c1c(C)cc(C)cc1-2. The summed E-state index contributed by atoms with van der Waals surface area (Å²) in [5.41, 5.74) is 4.88. The summed E-state index contributed by atoms with van der Waals surface area (Å²) in [6.07, 6.45) is 1.45. The lowest BCUT2D eigenvalue weighted by atomic mass is 10.00. The second-order valence-electron chi connectivity index (χ2n) is 7.84. The Morgan fingerprint density at radius 1 is 1.19 bits per heavy atom. The minimum atomic E-state index is -0.712. The maximum absolute atomic E-state index is 13.0. The molecule has 32 heavy (non-hydrogen) atoms. The fourth-order valence-corrected chi connectivity index (χ4v) is 4.81. The third kappa shape index (κ3) is 4.45. The molecule has 0 bridgehead atoms. The quantitative estimate of drug-likeness (QED) is 0.330. The summed E-state index contributed by atoms with van der Waals surface area (Å²) in [7, 11) is 0. The number of thioether (sulfide) groups is 1.